The van der Waals surface area contributed by atoms with E-state index in [2.05, 4.69) is 19.9 Å². The van der Waals surface area contributed by atoms with Gasteiger partial charge in [-0.15, -0.1) is 0 Å². The van der Waals surface area contributed by atoms with E-state index < -0.39 is 0 Å². The van der Waals surface area contributed by atoms with Crippen LogP contribution in [-0.2, 0) is 0 Å². The number of aliphatic hydroxyl groups excluding tert-OH is 1. The minimum atomic E-state index is -0.357. The molecule has 0 aliphatic heterocycles. The van der Waals surface area contributed by atoms with E-state index in [1.165, 1.54) is 18.4 Å². The Morgan fingerprint density at radius 1 is 1.54 bits per heavy atom. The van der Waals surface area contributed by atoms with Gasteiger partial charge in [-0.1, -0.05) is 32.1 Å². The molecule has 0 saturated heterocycles. The molecule has 0 heterocycles. The molecule has 1 unspecified atom stereocenters. The van der Waals surface area contributed by atoms with Crippen LogP contribution in [0.15, 0.2) is 23.8 Å². The van der Waals surface area contributed by atoms with Crippen LogP contribution in [0.5, 0.6) is 0 Å². The Hall–Kier alpha value is -0.560. The van der Waals surface area contributed by atoms with Gasteiger partial charge in [0.05, 0.1) is 6.10 Å². The molecule has 1 heteroatoms. The van der Waals surface area contributed by atoms with Crippen molar-refractivity contribution in [2.75, 3.05) is 0 Å². The predicted molar refractivity (Wildman–Crippen MR) is 56.5 cm³/mol. The lowest BCUT2D eigenvalue weighted by molar-refractivity contribution is 0.242. The third kappa shape index (κ3) is 3.00. The molecule has 13 heavy (non-hydrogen) atoms. The molecule has 1 atom stereocenters. The van der Waals surface area contributed by atoms with Crippen molar-refractivity contribution in [3.8, 4) is 0 Å². The zero-order valence-corrected chi connectivity index (χ0v) is 8.88. The van der Waals surface area contributed by atoms with Crippen LogP contribution in [0, 0.1) is 5.41 Å². The first-order valence-corrected chi connectivity index (χ1v) is 5.08. The van der Waals surface area contributed by atoms with Gasteiger partial charge in [-0.05, 0) is 37.2 Å². The van der Waals surface area contributed by atoms with Gasteiger partial charge in [-0.25, -0.2) is 0 Å². The van der Waals surface area contributed by atoms with Crippen LogP contribution in [0.3, 0.4) is 0 Å². The Morgan fingerprint density at radius 3 is 2.77 bits per heavy atom. The smallest absolute Gasteiger partial charge is 0.0931 e. The summed E-state index contributed by atoms with van der Waals surface area (Å²) >= 11 is 0. The summed E-state index contributed by atoms with van der Waals surface area (Å²) in [5, 5.41) is 9.75. The van der Waals surface area contributed by atoms with E-state index in [1.807, 2.05) is 19.1 Å². The highest BCUT2D eigenvalue weighted by molar-refractivity contribution is 5.20. The van der Waals surface area contributed by atoms with Gasteiger partial charge in [-0.3, -0.25) is 0 Å². The molecule has 0 aromatic heterocycles. The summed E-state index contributed by atoms with van der Waals surface area (Å²) in [5.74, 6) is 0. The normalized spacial score (nSPS) is 24.5. The van der Waals surface area contributed by atoms with Crippen molar-refractivity contribution >= 4 is 0 Å². The zero-order valence-electron chi connectivity index (χ0n) is 8.88. The van der Waals surface area contributed by atoms with E-state index in [0.717, 1.165) is 6.42 Å². The number of allylic oxidation sites excluding steroid dienone is 2. The Bertz CT molecular complexity index is 223. The molecule has 1 nitrogen and oxygen atoms in total. The van der Waals surface area contributed by atoms with Gasteiger partial charge in [0.2, 0.25) is 0 Å². The largest absolute Gasteiger partial charge is 0.385 e. The number of hydrogen-bond donors (Lipinski definition) is 1. The van der Waals surface area contributed by atoms with E-state index >= 15 is 0 Å². The second kappa shape index (κ2) is 4.10. The van der Waals surface area contributed by atoms with Crippen LogP contribution >= 0.6 is 0 Å². The molecule has 0 bridgehead atoms. The molecule has 1 rings (SSSR count). The maximum absolute atomic E-state index is 9.75. The van der Waals surface area contributed by atoms with Crippen molar-refractivity contribution in [2.45, 2.75) is 46.1 Å². The fraction of sp³-hybridized carbons (Fsp3) is 0.667. The number of rotatable bonds is 2. The molecule has 0 radical (unpaired) electrons. The third-order valence-electron chi connectivity index (χ3n) is 2.62. The van der Waals surface area contributed by atoms with E-state index in [4.69, 9.17) is 0 Å². The fourth-order valence-corrected chi connectivity index (χ4v) is 1.93. The van der Waals surface area contributed by atoms with Crippen molar-refractivity contribution in [1.82, 2.24) is 0 Å². The topological polar surface area (TPSA) is 20.2 Å². The number of aliphatic hydroxyl groups is 1. The lowest BCUT2D eigenvalue weighted by Crippen LogP contribution is -2.18. The van der Waals surface area contributed by atoms with E-state index in [-0.39, 0.29) is 11.5 Å². The van der Waals surface area contributed by atoms with Crippen LogP contribution < -0.4 is 0 Å². The summed E-state index contributed by atoms with van der Waals surface area (Å²) in [4.78, 5) is 0. The van der Waals surface area contributed by atoms with E-state index in [1.54, 1.807) is 0 Å². The van der Waals surface area contributed by atoms with Gasteiger partial charge in [0, 0.05) is 0 Å². The molecule has 0 saturated carbocycles. The quantitative estimate of drug-likeness (QED) is 0.647. The molecule has 0 spiro atoms. The first-order valence-electron chi connectivity index (χ1n) is 5.08. The van der Waals surface area contributed by atoms with Crippen LogP contribution in [0.1, 0.15) is 40.0 Å². The average Bonchev–Trinajstić information content (AvgIpc) is 2.03. The summed E-state index contributed by atoms with van der Waals surface area (Å²) in [7, 11) is 0. The van der Waals surface area contributed by atoms with Crippen LogP contribution in [0.25, 0.3) is 0 Å². The zero-order chi connectivity index (χ0) is 9.90. The fourth-order valence-electron chi connectivity index (χ4n) is 1.93. The van der Waals surface area contributed by atoms with Gasteiger partial charge in [0.15, 0.2) is 0 Å². The molecule has 0 aromatic carbocycles. The van der Waals surface area contributed by atoms with Gasteiger partial charge >= 0.3 is 0 Å². The van der Waals surface area contributed by atoms with Crippen molar-refractivity contribution in [1.29, 1.82) is 0 Å². The summed E-state index contributed by atoms with van der Waals surface area (Å²) in [6.07, 6.45) is 9.13. The highest BCUT2D eigenvalue weighted by Crippen LogP contribution is 2.34. The van der Waals surface area contributed by atoms with Crippen molar-refractivity contribution in [2.24, 2.45) is 5.41 Å². The predicted octanol–water partition coefficient (Wildman–Crippen LogP) is 3.06. The monoisotopic (exact) mass is 180 g/mol. The number of hydrogen-bond acceptors (Lipinski definition) is 1. The molecule has 1 aliphatic rings. The maximum Gasteiger partial charge on any atom is 0.0931 e. The SMILES string of the molecule is CC=CC(O)C1=CC(C)(C)CCC1. The molecule has 1 N–H and O–H groups in total. The molecule has 0 aromatic rings. The lowest BCUT2D eigenvalue weighted by atomic mass is 9.78. The van der Waals surface area contributed by atoms with Crippen LogP contribution in [-0.4, -0.2) is 11.2 Å². The minimum absolute atomic E-state index is 0.274. The Balaban J connectivity index is 2.74. The summed E-state index contributed by atoms with van der Waals surface area (Å²) in [5.41, 5.74) is 1.46. The Kier molecular flexibility index (Phi) is 3.32. The third-order valence-corrected chi connectivity index (χ3v) is 2.62. The standard InChI is InChI=1S/C12H20O/c1-4-6-11(13)10-7-5-8-12(2,3)9-10/h4,6,9,11,13H,5,7-8H2,1-3H3. The van der Waals surface area contributed by atoms with E-state index in [0.29, 0.717) is 0 Å². The van der Waals surface area contributed by atoms with Crippen LogP contribution in [0.2, 0.25) is 0 Å². The average molecular weight is 180 g/mol. The minimum Gasteiger partial charge on any atom is -0.385 e. The van der Waals surface area contributed by atoms with E-state index in [9.17, 15) is 5.11 Å². The molecule has 0 amide bonds. The summed E-state index contributed by atoms with van der Waals surface area (Å²) < 4.78 is 0. The molecular weight excluding hydrogens is 160 g/mol. The highest BCUT2D eigenvalue weighted by Gasteiger charge is 2.22. The first-order chi connectivity index (χ1) is 6.05. The van der Waals surface area contributed by atoms with Gasteiger partial charge in [0.25, 0.3) is 0 Å². The molecule has 1 aliphatic carbocycles. The second-order valence-electron chi connectivity index (χ2n) is 4.53. The van der Waals surface area contributed by atoms with Gasteiger partial charge in [0.1, 0.15) is 0 Å². The maximum atomic E-state index is 9.75. The highest BCUT2D eigenvalue weighted by atomic mass is 16.3. The summed E-state index contributed by atoms with van der Waals surface area (Å²) in [6.45, 7) is 6.40. The van der Waals surface area contributed by atoms with Crippen molar-refractivity contribution in [3.05, 3.63) is 23.8 Å². The van der Waals surface area contributed by atoms with Crippen LogP contribution in [0.4, 0.5) is 0 Å². The van der Waals surface area contributed by atoms with Crippen molar-refractivity contribution < 1.29 is 5.11 Å². The second-order valence-corrected chi connectivity index (χ2v) is 4.53. The molecule has 0 fully saturated rings. The summed E-state index contributed by atoms with van der Waals surface area (Å²) in [6, 6.07) is 0. The lowest BCUT2D eigenvalue weighted by Gasteiger charge is -2.28. The van der Waals surface area contributed by atoms with Gasteiger partial charge < -0.3 is 5.11 Å². The first kappa shape index (κ1) is 10.5. The molecular formula is C12H20O. The Morgan fingerprint density at radius 2 is 2.23 bits per heavy atom. The Labute approximate surface area is 81.2 Å². The van der Waals surface area contributed by atoms with Gasteiger partial charge in [-0.2, -0.15) is 0 Å². The molecule has 74 valence electrons. The van der Waals surface area contributed by atoms with Crippen molar-refractivity contribution in [3.63, 3.8) is 0 Å².